The molecule has 1 amide bonds. The third-order valence-corrected chi connectivity index (χ3v) is 4.44. The lowest BCUT2D eigenvalue weighted by atomic mass is 10.2. The van der Waals surface area contributed by atoms with Gasteiger partial charge in [-0.25, -0.2) is 0 Å². The van der Waals surface area contributed by atoms with Crippen LogP contribution in [0.2, 0.25) is 0 Å². The van der Waals surface area contributed by atoms with Crippen molar-refractivity contribution >= 4 is 28.9 Å². The van der Waals surface area contributed by atoms with Gasteiger partial charge in [-0.05, 0) is 35.5 Å². The number of amidine groups is 1. The lowest BCUT2D eigenvalue weighted by Crippen LogP contribution is -2.45. The van der Waals surface area contributed by atoms with Gasteiger partial charge in [0, 0.05) is 26.2 Å². The normalized spacial score (nSPS) is 20.3. The molecule has 2 aliphatic heterocycles. The van der Waals surface area contributed by atoms with Crippen molar-refractivity contribution in [2.45, 2.75) is 6.61 Å². The summed E-state index contributed by atoms with van der Waals surface area (Å²) in [6, 6.07) is 6.14. The van der Waals surface area contributed by atoms with Gasteiger partial charge in [0.05, 0.1) is 4.91 Å². The summed E-state index contributed by atoms with van der Waals surface area (Å²) < 4.78 is 28.5. The van der Waals surface area contributed by atoms with Crippen molar-refractivity contribution in [2.75, 3.05) is 26.2 Å². The van der Waals surface area contributed by atoms with Crippen molar-refractivity contribution in [1.29, 1.82) is 0 Å². The van der Waals surface area contributed by atoms with Crippen molar-refractivity contribution < 1.29 is 18.3 Å². The molecule has 0 aromatic heterocycles. The first-order valence-corrected chi connectivity index (χ1v) is 7.96. The van der Waals surface area contributed by atoms with Gasteiger partial charge < -0.3 is 15.0 Å². The molecule has 0 radical (unpaired) electrons. The minimum Gasteiger partial charge on any atom is -0.435 e. The molecule has 1 saturated heterocycles. The summed E-state index contributed by atoms with van der Waals surface area (Å²) in [5.74, 6) is -0.179. The lowest BCUT2D eigenvalue weighted by molar-refractivity contribution is -0.113. The maximum Gasteiger partial charge on any atom is 0.387 e. The quantitative estimate of drug-likeness (QED) is 0.856. The molecule has 122 valence electrons. The molecule has 8 heteroatoms. The summed E-state index contributed by atoms with van der Waals surface area (Å²) in [4.78, 5) is 18.7. The Bertz CT molecular complexity index is 641. The molecule has 1 aromatic rings. The number of hydrogen-bond acceptors (Lipinski definition) is 5. The molecule has 0 atom stereocenters. The van der Waals surface area contributed by atoms with Crippen LogP contribution < -0.4 is 10.1 Å². The van der Waals surface area contributed by atoms with Gasteiger partial charge in [0.15, 0.2) is 5.17 Å². The second-order valence-corrected chi connectivity index (χ2v) is 6.00. The highest BCUT2D eigenvalue weighted by Crippen LogP contribution is 2.30. The SMILES string of the molecule is O=C1N=C(N2CCNCC2)SC1=Cc1ccc(OC(F)F)cc1. The molecule has 5 nitrogen and oxygen atoms in total. The Labute approximate surface area is 136 Å². The monoisotopic (exact) mass is 339 g/mol. The van der Waals surface area contributed by atoms with Crippen molar-refractivity contribution in [2.24, 2.45) is 4.99 Å². The van der Waals surface area contributed by atoms with Crippen molar-refractivity contribution in [1.82, 2.24) is 10.2 Å². The molecule has 1 N–H and O–H groups in total. The molecule has 2 heterocycles. The average molecular weight is 339 g/mol. The number of carbonyl (C=O) groups excluding carboxylic acids is 1. The largest absolute Gasteiger partial charge is 0.435 e. The highest BCUT2D eigenvalue weighted by Gasteiger charge is 2.26. The molecule has 0 bridgehead atoms. The summed E-state index contributed by atoms with van der Waals surface area (Å²) in [5, 5.41) is 3.97. The van der Waals surface area contributed by atoms with Gasteiger partial charge in [0.1, 0.15) is 5.75 Å². The fourth-order valence-electron chi connectivity index (χ4n) is 2.29. The van der Waals surface area contributed by atoms with Crippen LogP contribution in [0.5, 0.6) is 5.75 Å². The third-order valence-electron chi connectivity index (χ3n) is 3.40. The van der Waals surface area contributed by atoms with E-state index in [0.717, 1.165) is 36.9 Å². The maximum absolute atomic E-state index is 12.1. The molecule has 0 aliphatic carbocycles. The molecule has 23 heavy (non-hydrogen) atoms. The zero-order chi connectivity index (χ0) is 16.2. The number of piperazine rings is 1. The summed E-state index contributed by atoms with van der Waals surface area (Å²) in [7, 11) is 0. The lowest BCUT2D eigenvalue weighted by Gasteiger charge is -2.27. The van der Waals surface area contributed by atoms with E-state index in [1.807, 2.05) is 0 Å². The van der Waals surface area contributed by atoms with Gasteiger partial charge in [-0.3, -0.25) is 4.79 Å². The van der Waals surface area contributed by atoms with E-state index in [1.165, 1.54) is 23.9 Å². The summed E-state index contributed by atoms with van der Waals surface area (Å²) in [6.45, 7) is 0.552. The van der Waals surface area contributed by atoms with Crippen LogP contribution in [0.15, 0.2) is 34.2 Å². The van der Waals surface area contributed by atoms with Crippen molar-refractivity contribution in [3.63, 3.8) is 0 Å². The summed E-state index contributed by atoms with van der Waals surface area (Å²) in [6.07, 6.45) is 1.71. The first-order valence-electron chi connectivity index (χ1n) is 7.15. The van der Waals surface area contributed by atoms with E-state index in [0.29, 0.717) is 4.91 Å². The number of aliphatic imine (C=N–C) groups is 1. The number of halogens is 2. The van der Waals surface area contributed by atoms with Crippen molar-refractivity contribution in [3.8, 4) is 5.75 Å². The molecule has 0 unspecified atom stereocenters. The van der Waals surface area contributed by atoms with Crippen LogP contribution in [-0.4, -0.2) is 48.8 Å². The number of hydrogen-bond donors (Lipinski definition) is 1. The molecular weight excluding hydrogens is 324 g/mol. The Morgan fingerprint density at radius 3 is 2.61 bits per heavy atom. The second-order valence-electron chi connectivity index (χ2n) is 4.99. The highest BCUT2D eigenvalue weighted by atomic mass is 32.2. The zero-order valence-electron chi connectivity index (χ0n) is 12.2. The Kier molecular flexibility index (Phi) is 4.92. The third kappa shape index (κ3) is 4.08. The van der Waals surface area contributed by atoms with Gasteiger partial charge >= 0.3 is 6.61 Å². The topological polar surface area (TPSA) is 53.9 Å². The van der Waals surface area contributed by atoms with Crippen LogP contribution in [0, 0.1) is 0 Å². The van der Waals surface area contributed by atoms with Gasteiger partial charge in [0.2, 0.25) is 0 Å². The van der Waals surface area contributed by atoms with E-state index in [1.54, 1.807) is 18.2 Å². The minimum absolute atomic E-state index is 0.0882. The summed E-state index contributed by atoms with van der Waals surface area (Å²) in [5.41, 5.74) is 0.735. The van der Waals surface area contributed by atoms with E-state index in [2.05, 4.69) is 19.9 Å². The predicted octanol–water partition coefficient (Wildman–Crippen LogP) is 2.16. The zero-order valence-corrected chi connectivity index (χ0v) is 13.0. The number of alkyl halides is 2. The molecule has 0 saturated carbocycles. The molecule has 2 aliphatic rings. The molecule has 0 spiro atoms. The Hall–Kier alpha value is -1.93. The number of nitrogens with zero attached hydrogens (tertiary/aromatic N) is 2. The van der Waals surface area contributed by atoms with Gasteiger partial charge in [-0.1, -0.05) is 12.1 Å². The minimum atomic E-state index is -2.85. The fraction of sp³-hybridized carbons (Fsp3) is 0.333. The molecular formula is C15H15F2N3O2S. The Morgan fingerprint density at radius 1 is 1.26 bits per heavy atom. The van der Waals surface area contributed by atoms with Crippen LogP contribution in [-0.2, 0) is 4.79 Å². The first kappa shape index (κ1) is 15.9. The fourth-order valence-corrected chi connectivity index (χ4v) is 3.25. The van der Waals surface area contributed by atoms with E-state index in [4.69, 9.17) is 0 Å². The van der Waals surface area contributed by atoms with E-state index < -0.39 is 6.61 Å². The molecule has 3 rings (SSSR count). The van der Waals surface area contributed by atoms with Crippen LogP contribution in [0.1, 0.15) is 5.56 Å². The van der Waals surface area contributed by atoms with E-state index in [-0.39, 0.29) is 11.7 Å². The van der Waals surface area contributed by atoms with E-state index in [9.17, 15) is 13.6 Å². The molecule has 1 fully saturated rings. The van der Waals surface area contributed by atoms with Gasteiger partial charge in [0.25, 0.3) is 5.91 Å². The predicted molar refractivity (Wildman–Crippen MR) is 85.5 cm³/mol. The smallest absolute Gasteiger partial charge is 0.387 e. The van der Waals surface area contributed by atoms with Crippen LogP contribution in [0.3, 0.4) is 0 Å². The Morgan fingerprint density at radius 2 is 1.96 bits per heavy atom. The Balaban J connectivity index is 1.67. The van der Waals surface area contributed by atoms with Gasteiger partial charge in [-0.2, -0.15) is 13.8 Å². The number of ether oxygens (including phenoxy) is 1. The number of carbonyl (C=O) groups is 1. The number of amides is 1. The second kappa shape index (κ2) is 7.10. The number of thioether (sulfide) groups is 1. The van der Waals surface area contributed by atoms with Crippen molar-refractivity contribution in [3.05, 3.63) is 34.7 Å². The maximum atomic E-state index is 12.1. The van der Waals surface area contributed by atoms with E-state index >= 15 is 0 Å². The van der Waals surface area contributed by atoms with Crippen LogP contribution in [0.25, 0.3) is 6.08 Å². The average Bonchev–Trinajstić information content (AvgIpc) is 2.91. The number of nitrogens with one attached hydrogen (secondary N) is 1. The summed E-state index contributed by atoms with van der Waals surface area (Å²) >= 11 is 1.34. The number of benzene rings is 1. The first-order chi connectivity index (χ1) is 11.1. The number of rotatable bonds is 3. The van der Waals surface area contributed by atoms with Crippen LogP contribution in [0.4, 0.5) is 8.78 Å². The van der Waals surface area contributed by atoms with Crippen LogP contribution >= 0.6 is 11.8 Å². The molecule has 1 aromatic carbocycles. The highest BCUT2D eigenvalue weighted by molar-refractivity contribution is 8.18. The van der Waals surface area contributed by atoms with Gasteiger partial charge in [-0.15, -0.1) is 0 Å². The standard InChI is InChI=1S/C15H15F2N3O2S/c16-14(17)22-11-3-1-10(2-4-11)9-12-13(21)19-15(23-12)20-7-5-18-6-8-20/h1-4,9,14,18H,5-8H2.